The number of halogens is 3. The van der Waals surface area contributed by atoms with Crippen LogP contribution in [0, 0.1) is 0 Å². The lowest BCUT2D eigenvalue weighted by atomic mass is 9.81. The maximum absolute atomic E-state index is 13.0. The van der Waals surface area contributed by atoms with E-state index in [9.17, 15) is 23.0 Å². The molecule has 120 valence electrons. The zero-order chi connectivity index (χ0) is 16.9. The van der Waals surface area contributed by atoms with E-state index >= 15 is 0 Å². The number of alkyl halides is 3. The quantitative estimate of drug-likeness (QED) is 0.758. The first-order valence-electron chi connectivity index (χ1n) is 6.65. The molecule has 1 aromatic carbocycles. The third-order valence-corrected chi connectivity index (χ3v) is 5.13. The minimum atomic E-state index is -5.18. The number of hydrogen-bond donors (Lipinski definition) is 2. The van der Waals surface area contributed by atoms with Gasteiger partial charge in [0, 0.05) is 5.56 Å². The molecule has 0 unspecified atom stereocenters. The second kappa shape index (κ2) is 5.22. The molecular weight excluding hydrogens is 300 g/mol. The zero-order valence-electron chi connectivity index (χ0n) is 13.2. The minimum absolute atomic E-state index is 0.233. The van der Waals surface area contributed by atoms with Gasteiger partial charge in [0.1, 0.15) is 0 Å². The smallest absolute Gasteiger partial charge is 0.207 e. The predicted octanol–water partition coefficient (Wildman–Crippen LogP) is 4.26. The van der Waals surface area contributed by atoms with Crippen molar-refractivity contribution in [3.05, 3.63) is 29.3 Å². The summed E-state index contributed by atoms with van der Waals surface area (Å²) in [7, 11) is -5.18. The summed E-state index contributed by atoms with van der Waals surface area (Å²) >= 11 is 0. The molecule has 0 saturated carbocycles. The molecule has 0 atom stereocenters. The lowest BCUT2D eigenvalue weighted by Gasteiger charge is -2.28. The monoisotopic (exact) mass is 323 g/mol. The van der Waals surface area contributed by atoms with Gasteiger partial charge in [-0.15, -0.1) is 13.2 Å². The Hall–Kier alpha value is -0.640. The molecule has 2 N–H and O–H groups in total. The van der Waals surface area contributed by atoms with E-state index in [2.05, 4.69) is 0 Å². The van der Waals surface area contributed by atoms with E-state index in [1.54, 1.807) is 26.8 Å². The van der Waals surface area contributed by atoms with Crippen LogP contribution in [0.15, 0.2) is 18.2 Å². The van der Waals surface area contributed by atoms with Crippen LogP contribution in [0.25, 0.3) is 0 Å². The Morgan fingerprint density at radius 1 is 0.857 bits per heavy atom. The first kappa shape index (κ1) is 18.4. The Kier molecular flexibility index (Phi) is 4.58. The zero-order valence-corrected chi connectivity index (χ0v) is 14.1. The maximum Gasteiger partial charge on any atom is 0.571 e. The van der Waals surface area contributed by atoms with Gasteiger partial charge in [-0.2, -0.15) is 0 Å². The molecule has 0 amide bonds. The molecule has 0 aromatic heterocycles. The highest BCUT2D eigenvalue weighted by atomic mass is 31.2. The summed E-state index contributed by atoms with van der Waals surface area (Å²) in [6.45, 7) is 11.1. The third-order valence-electron chi connectivity index (χ3n) is 3.36. The van der Waals surface area contributed by atoms with Gasteiger partial charge in [-0.05, 0) is 22.5 Å². The number of rotatable bonds is 1. The van der Waals surface area contributed by atoms with Crippen LogP contribution in [0.2, 0.25) is 0 Å². The standard InChI is InChI=1S/C15H23F3O2P/c1-13(2,3)10-7-8-12(11(9-10)14(4,5)6)21(19,20)15(16,17)18/h7-9,19-20H,1-6H3/q+1. The molecule has 1 aromatic rings. The lowest BCUT2D eigenvalue weighted by molar-refractivity contribution is -0.0596. The molecule has 0 radical (unpaired) electrons. The van der Waals surface area contributed by atoms with Gasteiger partial charge < -0.3 is 0 Å². The van der Waals surface area contributed by atoms with Gasteiger partial charge in [-0.1, -0.05) is 53.7 Å². The Bertz CT molecular complexity index is 523. The van der Waals surface area contributed by atoms with Crippen molar-refractivity contribution < 1.29 is 23.0 Å². The van der Waals surface area contributed by atoms with Gasteiger partial charge in [-0.3, -0.25) is 0 Å². The largest absolute Gasteiger partial charge is 0.571 e. The summed E-state index contributed by atoms with van der Waals surface area (Å²) < 4.78 is 38.9. The van der Waals surface area contributed by atoms with E-state index in [1.807, 2.05) is 20.8 Å². The SMILES string of the molecule is CC(C)(C)c1ccc([P+](O)(O)C(F)(F)F)c(C(C)(C)C)c1. The molecule has 2 nitrogen and oxygen atoms in total. The molecule has 21 heavy (non-hydrogen) atoms. The first-order valence-corrected chi connectivity index (χ1v) is 8.35. The minimum Gasteiger partial charge on any atom is -0.207 e. The van der Waals surface area contributed by atoms with E-state index in [1.165, 1.54) is 12.1 Å². The maximum atomic E-state index is 13.0. The fourth-order valence-corrected chi connectivity index (χ4v) is 3.30. The summed E-state index contributed by atoms with van der Waals surface area (Å²) in [6.07, 6.45) is 0. The normalized spacial score (nSPS) is 14.4. The van der Waals surface area contributed by atoms with Crippen molar-refractivity contribution in [2.75, 3.05) is 0 Å². The van der Waals surface area contributed by atoms with Crippen LogP contribution in [-0.2, 0) is 10.8 Å². The summed E-state index contributed by atoms with van der Waals surface area (Å²) in [5.74, 6) is -5.05. The average Bonchev–Trinajstić information content (AvgIpc) is 2.24. The first-order chi connectivity index (χ1) is 9.08. The van der Waals surface area contributed by atoms with Crippen molar-refractivity contribution in [2.24, 2.45) is 0 Å². The van der Waals surface area contributed by atoms with E-state index in [-0.39, 0.29) is 5.41 Å². The van der Waals surface area contributed by atoms with Gasteiger partial charge in [-0.25, -0.2) is 9.79 Å². The van der Waals surface area contributed by atoms with Crippen LogP contribution in [0.1, 0.15) is 52.7 Å². The number of hydrogen-bond acceptors (Lipinski definition) is 2. The number of benzene rings is 1. The fourth-order valence-electron chi connectivity index (χ4n) is 2.01. The molecule has 0 spiro atoms. The van der Waals surface area contributed by atoms with Crippen molar-refractivity contribution in [1.29, 1.82) is 0 Å². The fraction of sp³-hybridized carbons (Fsp3) is 0.600. The van der Waals surface area contributed by atoms with Gasteiger partial charge in [0.25, 0.3) is 0 Å². The third kappa shape index (κ3) is 3.77. The average molecular weight is 323 g/mol. The molecular formula is C15H23F3O2P+. The Morgan fingerprint density at radius 3 is 1.67 bits per heavy atom. The second-order valence-corrected chi connectivity index (χ2v) is 9.49. The van der Waals surface area contributed by atoms with Crippen molar-refractivity contribution in [2.45, 2.75) is 58.3 Å². The van der Waals surface area contributed by atoms with Gasteiger partial charge in [0.15, 0.2) is 5.30 Å². The highest BCUT2D eigenvalue weighted by molar-refractivity contribution is 7.73. The molecule has 6 heteroatoms. The Labute approximate surface area is 124 Å². The molecule has 0 heterocycles. The highest BCUT2D eigenvalue weighted by Crippen LogP contribution is 2.64. The molecule has 0 saturated heterocycles. The molecule has 0 aliphatic rings. The lowest BCUT2D eigenvalue weighted by Crippen LogP contribution is -2.32. The highest BCUT2D eigenvalue weighted by Gasteiger charge is 2.66. The molecule has 0 aliphatic heterocycles. The van der Waals surface area contributed by atoms with Crippen LogP contribution in [0.3, 0.4) is 0 Å². The molecule has 0 bridgehead atoms. The van der Waals surface area contributed by atoms with Crippen LogP contribution in [-0.4, -0.2) is 15.7 Å². The Morgan fingerprint density at radius 2 is 1.33 bits per heavy atom. The molecule has 0 aliphatic carbocycles. The summed E-state index contributed by atoms with van der Waals surface area (Å²) in [5.41, 5.74) is 0.324. The van der Waals surface area contributed by atoms with Crippen LogP contribution in [0.4, 0.5) is 13.2 Å². The van der Waals surface area contributed by atoms with E-state index < -0.39 is 24.4 Å². The van der Waals surface area contributed by atoms with Gasteiger partial charge >= 0.3 is 13.6 Å². The van der Waals surface area contributed by atoms with Crippen molar-refractivity contribution in [3.63, 3.8) is 0 Å². The van der Waals surface area contributed by atoms with Gasteiger partial charge in [0.05, 0.1) is 0 Å². The van der Waals surface area contributed by atoms with Gasteiger partial charge in [0.2, 0.25) is 0 Å². The molecule has 0 fully saturated rings. The molecule has 1 rings (SSSR count). The summed E-state index contributed by atoms with van der Waals surface area (Å²) in [4.78, 5) is 19.4. The summed E-state index contributed by atoms with van der Waals surface area (Å²) in [6, 6.07) is 4.40. The van der Waals surface area contributed by atoms with E-state index in [0.717, 1.165) is 5.56 Å². The van der Waals surface area contributed by atoms with Crippen LogP contribution < -0.4 is 5.30 Å². The second-order valence-electron chi connectivity index (χ2n) is 7.30. The van der Waals surface area contributed by atoms with Crippen molar-refractivity contribution >= 4 is 13.0 Å². The van der Waals surface area contributed by atoms with Crippen LogP contribution in [0.5, 0.6) is 0 Å². The van der Waals surface area contributed by atoms with E-state index in [0.29, 0.717) is 5.56 Å². The van der Waals surface area contributed by atoms with Crippen molar-refractivity contribution in [1.82, 2.24) is 0 Å². The predicted molar refractivity (Wildman–Crippen MR) is 80.9 cm³/mol. The van der Waals surface area contributed by atoms with E-state index in [4.69, 9.17) is 0 Å². The Balaban J connectivity index is 3.62. The van der Waals surface area contributed by atoms with Crippen LogP contribution >= 0.6 is 7.72 Å². The topological polar surface area (TPSA) is 40.5 Å². The van der Waals surface area contributed by atoms with Crippen molar-refractivity contribution in [3.8, 4) is 0 Å². The summed E-state index contributed by atoms with van der Waals surface area (Å²) in [5, 5.41) is -0.407.